The molecule has 0 heterocycles. The molecule has 6 nitrogen and oxygen atoms in total. The Hall–Kier alpha value is -2.24. The maximum absolute atomic E-state index is 12.9. The SMILES string of the molecule is COc1ccc(CN(C)C(=O)C2(C(=O)O)CC3(CCC3)C2)c(OC)c1. The summed E-state index contributed by atoms with van der Waals surface area (Å²) < 4.78 is 10.5. The molecule has 0 aromatic heterocycles. The molecule has 25 heavy (non-hydrogen) atoms. The Kier molecular flexibility index (Phi) is 4.39. The van der Waals surface area contributed by atoms with Gasteiger partial charge in [-0.3, -0.25) is 9.59 Å². The highest BCUT2D eigenvalue weighted by atomic mass is 16.5. The quantitative estimate of drug-likeness (QED) is 0.801. The third-order valence-electron chi connectivity index (χ3n) is 5.83. The number of carbonyl (C=O) groups is 2. The maximum atomic E-state index is 12.9. The predicted molar refractivity (Wildman–Crippen MR) is 91.6 cm³/mol. The third kappa shape index (κ3) is 2.83. The van der Waals surface area contributed by atoms with Crippen molar-refractivity contribution in [1.29, 1.82) is 0 Å². The minimum Gasteiger partial charge on any atom is -0.497 e. The van der Waals surface area contributed by atoms with Crippen LogP contribution < -0.4 is 9.47 Å². The van der Waals surface area contributed by atoms with Crippen LogP contribution in [0.25, 0.3) is 0 Å². The fourth-order valence-corrected chi connectivity index (χ4v) is 4.33. The van der Waals surface area contributed by atoms with Crippen LogP contribution in [0.2, 0.25) is 0 Å². The lowest BCUT2D eigenvalue weighted by Crippen LogP contribution is -2.61. The molecule has 6 heteroatoms. The Morgan fingerprint density at radius 2 is 1.88 bits per heavy atom. The number of nitrogens with zero attached hydrogens (tertiary/aromatic N) is 1. The molecule has 0 bridgehead atoms. The lowest BCUT2D eigenvalue weighted by Gasteiger charge is -2.58. The van der Waals surface area contributed by atoms with Crippen molar-refractivity contribution in [3.8, 4) is 11.5 Å². The van der Waals surface area contributed by atoms with Crippen LogP contribution in [0, 0.1) is 10.8 Å². The summed E-state index contributed by atoms with van der Waals surface area (Å²) in [6, 6.07) is 5.40. The summed E-state index contributed by atoms with van der Waals surface area (Å²) in [6.07, 6.45) is 4.18. The van der Waals surface area contributed by atoms with Crippen LogP contribution in [0.5, 0.6) is 11.5 Å². The summed E-state index contributed by atoms with van der Waals surface area (Å²) in [7, 11) is 4.79. The summed E-state index contributed by atoms with van der Waals surface area (Å²) in [5.41, 5.74) is -0.334. The Labute approximate surface area is 147 Å². The maximum Gasteiger partial charge on any atom is 0.319 e. The molecule has 2 fully saturated rings. The first-order valence-corrected chi connectivity index (χ1v) is 8.56. The van der Waals surface area contributed by atoms with E-state index in [-0.39, 0.29) is 11.3 Å². The molecule has 1 N–H and O–H groups in total. The van der Waals surface area contributed by atoms with E-state index in [9.17, 15) is 14.7 Å². The first kappa shape index (κ1) is 17.6. The van der Waals surface area contributed by atoms with Crippen LogP contribution in [-0.2, 0) is 16.1 Å². The summed E-state index contributed by atoms with van der Waals surface area (Å²) in [5.74, 6) is -0.0195. The van der Waals surface area contributed by atoms with E-state index in [1.54, 1.807) is 33.4 Å². The minimum atomic E-state index is -1.26. The third-order valence-corrected chi connectivity index (χ3v) is 5.83. The molecule has 2 aliphatic rings. The molecule has 1 spiro atoms. The van der Waals surface area contributed by atoms with Gasteiger partial charge in [-0.2, -0.15) is 0 Å². The van der Waals surface area contributed by atoms with E-state index in [0.29, 0.717) is 30.9 Å². The standard InChI is InChI=1S/C19H25NO5/c1-20(10-13-5-6-14(24-2)9-15(13)25-3)16(21)19(17(22)23)11-18(12-19)7-4-8-18/h5-6,9H,4,7-8,10-12H2,1-3H3,(H,22,23). The highest BCUT2D eigenvalue weighted by Gasteiger charge is 2.65. The zero-order valence-corrected chi connectivity index (χ0v) is 15.0. The number of carbonyl (C=O) groups excluding carboxylic acids is 1. The van der Waals surface area contributed by atoms with Gasteiger partial charge < -0.3 is 19.5 Å². The molecule has 1 aromatic carbocycles. The molecular formula is C19H25NO5. The lowest BCUT2D eigenvalue weighted by molar-refractivity contribution is -0.186. The molecular weight excluding hydrogens is 322 g/mol. The molecule has 1 amide bonds. The number of methoxy groups -OCH3 is 2. The van der Waals surface area contributed by atoms with Crippen LogP contribution in [0.4, 0.5) is 0 Å². The Morgan fingerprint density at radius 1 is 1.20 bits per heavy atom. The van der Waals surface area contributed by atoms with Gasteiger partial charge in [0.1, 0.15) is 16.9 Å². The molecule has 0 aliphatic heterocycles. The number of amides is 1. The lowest BCUT2D eigenvalue weighted by atomic mass is 9.45. The van der Waals surface area contributed by atoms with Crippen molar-refractivity contribution in [1.82, 2.24) is 4.90 Å². The summed E-state index contributed by atoms with van der Waals surface area (Å²) in [6.45, 7) is 0.300. The van der Waals surface area contributed by atoms with Gasteiger partial charge in [0.15, 0.2) is 0 Å². The van der Waals surface area contributed by atoms with Crippen LogP contribution in [0.15, 0.2) is 18.2 Å². The van der Waals surface area contributed by atoms with Crippen molar-refractivity contribution in [2.75, 3.05) is 21.3 Å². The Bertz CT molecular complexity index is 687. The highest BCUT2D eigenvalue weighted by Crippen LogP contribution is 2.65. The largest absolute Gasteiger partial charge is 0.497 e. The summed E-state index contributed by atoms with van der Waals surface area (Å²) >= 11 is 0. The molecule has 0 saturated heterocycles. The van der Waals surface area contributed by atoms with E-state index in [2.05, 4.69) is 0 Å². The second-order valence-electron chi connectivity index (χ2n) is 7.43. The van der Waals surface area contributed by atoms with Crippen LogP contribution in [0.3, 0.4) is 0 Å². The number of ether oxygens (including phenoxy) is 2. The van der Waals surface area contributed by atoms with Gasteiger partial charge in [0.05, 0.1) is 14.2 Å². The van der Waals surface area contributed by atoms with Crippen molar-refractivity contribution < 1.29 is 24.2 Å². The number of hydrogen-bond donors (Lipinski definition) is 1. The highest BCUT2D eigenvalue weighted by molar-refractivity contribution is 6.03. The van der Waals surface area contributed by atoms with Crippen LogP contribution in [0.1, 0.15) is 37.7 Å². The summed E-state index contributed by atoms with van der Waals surface area (Å²) in [5, 5.41) is 9.70. The van der Waals surface area contributed by atoms with Gasteiger partial charge in [-0.1, -0.05) is 6.42 Å². The number of benzene rings is 1. The zero-order valence-electron chi connectivity index (χ0n) is 15.0. The predicted octanol–water partition coefficient (Wildman–Crippen LogP) is 2.70. The molecule has 136 valence electrons. The fraction of sp³-hybridized carbons (Fsp3) is 0.579. The normalized spacial score (nSPS) is 19.5. The number of carboxylic acids is 1. The van der Waals surface area contributed by atoms with Gasteiger partial charge in [-0.25, -0.2) is 0 Å². The van der Waals surface area contributed by atoms with Crippen molar-refractivity contribution in [3.63, 3.8) is 0 Å². The molecule has 0 unspecified atom stereocenters. The van der Waals surface area contributed by atoms with Gasteiger partial charge in [-0.15, -0.1) is 0 Å². The van der Waals surface area contributed by atoms with E-state index in [0.717, 1.165) is 24.8 Å². The van der Waals surface area contributed by atoms with Crippen molar-refractivity contribution >= 4 is 11.9 Å². The van der Waals surface area contributed by atoms with Gasteiger partial charge >= 0.3 is 5.97 Å². The van der Waals surface area contributed by atoms with Gasteiger partial charge in [0.2, 0.25) is 5.91 Å². The van der Waals surface area contributed by atoms with Crippen molar-refractivity contribution in [2.45, 2.75) is 38.6 Å². The molecule has 0 radical (unpaired) electrons. The van der Waals surface area contributed by atoms with Gasteiger partial charge in [-0.05, 0) is 43.2 Å². The van der Waals surface area contributed by atoms with Crippen LogP contribution >= 0.6 is 0 Å². The molecule has 1 aromatic rings. The molecule has 3 rings (SSSR count). The van der Waals surface area contributed by atoms with E-state index >= 15 is 0 Å². The minimum absolute atomic E-state index is 0.104. The van der Waals surface area contributed by atoms with Crippen molar-refractivity contribution in [2.24, 2.45) is 10.8 Å². The van der Waals surface area contributed by atoms with E-state index in [1.807, 2.05) is 6.07 Å². The van der Waals surface area contributed by atoms with Crippen molar-refractivity contribution in [3.05, 3.63) is 23.8 Å². The average molecular weight is 347 g/mol. The Morgan fingerprint density at radius 3 is 2.36 bits per heavy atom. The first-order chi connectivity index (χ1) is 11.9. The van der Waals surface area contributed by atoms with Crippen LogP contribution in [-0.4, -0.2) is 43.2 Å². The zero-order chi connectivity index (χ0) is 18.2. The summed E-state index contributed by atoms with van der Waals surface area (Å²) in [4.78, 5) is 26.3. The van der Waals surface area contributed by atoms with E-state index < -0.39 is 11.4 Å². The fourth-order valence-electron chi connectivity index (χ4n) is 4.33. The number of hydrogen-bond acceptors (Lipinski definition) is 4. The molecule has 2 aliphatic carbocycles. The van der Waals surface area contributed by atoms with E-state index in [1.165, 1.54) is 4.90 Å². The first-order valence-electron chi connectivity index (χ1n) is 8.56. The Balaban J connectivity index is 1.75. The molecule has 2 saturated carbocycles. The topological polar surface area (TPSA) is 76.1 Å². The van der Waals surface area contributed by atoms with Gasteiger partial charge in [0, 0.05) is 25.2 Å². The van der Waals surface area contributed by atoms with E-state index in [4.69, 9.17) is 9.47 Å². The number of carboxylic acid groups (broad SMARTS) is 1. The number of rotatable bonds is 6. The smallest absolute Gasteiger partial charge is 0.319 e. The average Bonchev–Trinajstić information content (AvgIpc) is 2.52. The molecule has 0 atom stereocenters. The second-order valence-corrected chi connectivity index (χ2v) is 7.43. The monoisotopic (exact) mass is 347 g/mol. The number of aliphatic carboxylic acids is 1. The second kappa shape index (κ2) is 6.24. The van der Waals surface area contributed by atoms with Gasteiger partial charge in [0.25, 0.3) is 0 Å².